The van der Waals surface area contributed by atoms with E-state index in [0.29, 0.717) is 37.6 Å². The van der Waals surface area contributed by atoms with Crippen molar-refractivity contribution in [3.05, 3.63) is 34.9 Å². The first kappa shape index (κ1) is 32.5. The number of ether oxygens (including phenoxy) is 3. The number of hydrogen-bond acceptors (Lipinski definition) is 6. The molecule has 1 unspecified atom stereocenters. The Kier molecular flexibility index (Phi) is 14.8. The van der Waals surface area contributed by atoms with E-state index in [0.717, 1.165) is 31.4 Å². The highest BCUT2D eigenvalue weighted by molar-refractivity contribution is 6.30. The Morgan fingerprint density at radius 1 is 1.28 bits per heavy atom. The molecule has 0 aromatic heterocycles. The third kappa shape index (κ3) is 12.3. The van der Waals surface area contributed by atoms with Gasteiger partial charge in [-0.3, -0.25) is 0 Å². The predicted octanol–water partition coefficient (Wildman–Crippen LogP) is 4.36. The highest BCUT2D eigenvalue weighted by Gasteiger charge is 2.26. The highest BCUT2D eigenvalue weighted by atomic mass is 35.5. The van der Waals surface area contributed by atoms with Crippen molar-refractivity contribution in [3.63, 3.8) is 0 Å². The molecule has 3 atom stereocenters. The van der Waals surface area contributed by atoms with Gasteiger partial charge in [0.1, 0.15) is 0 Å². The highest BCUT2D eigenvalue weighted by Crippen LogP contribution is 2.25. The van der Waals surface area contributed by atoms with E-state index in [1.54, 1.807) is 11.0 Å². The van der Waals surface area contributed by atoms with Crippen LogP contribution in [0.2, 0.25) is 5.02 Å². The third-order valence-corrected chi connectivity index (χ3v) is 6.79. The van der Waals surface area contributed by atoms with Gasteiger partial charge in [0.2, 0.25) is 0 Å². The molecule has 0 spiro atoms. The van der Waals surface area contributed by atoms with Crippen molar-refractivity contribution >= 4 is 29.8 Å². The molecule has 220 valence electrons. The quantitative estimate of drug-likeness (QED) is 0.267. The predicted molar refractivity (Wildman–Crippen MR) is 148 cm³/mol. The lowest BCUT2D eigenvalue weighted by atomic mass is 9.94. The summed E-state index contributed by atoms with van der Waals surface area (Å²) in [5, 5.41) is 15.6. The lowest BCUT2D eigenvalue weighted by Crippen LogP contribution is -2.50. The molecule has 0 bridgehead atoms. The molecule has 12 heteroatoms. The largest absolute Gasteiger partial charge is 0.465 e. The second kappa shape index (κ2) is 17.8. The molecule has 1 heterocycles. The minimum Gasteiger partial charge on any atom is -0.465 e. The summed E-state index contributed by atoms with van der Waals surface area (Å²) in [5.41, 5.74) is 0.871. The fourth-order valence-corrected chi connectivity index (χ4v) is 4.79. The molecule has 0 saturated carbocycles. The number of nitrogens with one attached hydrogen (secondary N) is 2. The molecule has 0 aliphatic carbocycles. The van der Waals surface area contributed by atoms with Gasteiger partial charge in [-0.25, -0.2) is 14.4 Å². The van der Waals surface area contributed by atoms with Crippen LogP contribution in [-0.4, -0.2) is 99.3 Å². The van der Waals surface area contributed by atoms with Crippen LogP contribution < -0.4 is 10.6 Å². The van der Waals surface area contributed by atoms with Gasteiger partial charge < -0.3 is 39.8 Å². The van der Waals surface area contributed by atoms with E-state index in [1.807, 2.05) is 25.1 Å². The van der Waals surface area contributed by atoms with Gasteiger partial charge in [0, 0.05) is 57.5 Å². The number of nitrogens with zero attached hydrogens (tertiary/aromatic N) is 2. The molecule has 1 aliphatic heterocycles. The van der Waals surface area contributed by atoms with Crippen LogP contribution in [0.25, 0.3) is 0 Å². The molecule has 1 aromatic rings. The number of amides is 4. The number of methoxy groups -OCH3 is 1. The number of carbonyl (C=O) groups excluding carboxylic acids is 2. The number of urea groups is 1. The zero-order valence-electron chi connectivity index (χ0n) is 23.2. The van der Waals surface area contributed by atoms with E-state index in [1.165, 1.54) is 19.1 Å². The summed E-state index contributed by atoms with van der Waals surface area (Å²) in [6.07, 6.45) is 1.92. The fourth-order valence-electron chi connectivity index (χ4n) is 4.59. The van der Waals surface area contributed by atoms with Crippen molar-refractivity contribution in [2.75, 3.05) is 60.2 Å². The van der Waals surface area contributed by atoms with Crippen LogP contribution >= 0.6 is 11.6 Å². The van der Waals surface area contributed by atoms with Crippen LogP contribution in [0.3, 0.4) is 0 Å². The van der Waals surface area contributed by atoms with Crippen LogP contribution in [0, 0.1) is 5.92 Å². The van der Waals surface area contributed by atoms with Gasteiger partial charge in [0.25, 0.3) is 0 Å². The minimum absolute atomic E-state index is 0.193. The first-order valence-electron chi connectivity index (χ1n) is 13.5. The Bertz CT molecular complexity index is 901. The molecule has 39 heavy (non-hydrogen) atoms. The molecule has 3 N–H and O–H groups in total. The topological polar surface area (TPSA) is 130 Å². The Labute approximate surface area is 236 Å². The smallest absolute Gasteiger partial charge is 0.407 e. The lowest BCUT2D eigenvalue weighted by Gasteiger charge is -2.32. The van der Waals surface area contributed by atoms with Gasteiger partial charge in [-0.15, -0.1) is 0 Å². The van der Waals surface area contributed by atoms with Gasteiger partial charge in [-0.1, -0.05) is 30.7 Å². The van der Waals surface area contributed by atoms with E-state index in [9.17, 15) is 19.5 Å². The van der Waals surface area contributed by atoms with E-state index in [2.05, 4.69) is 15.4 Å². The molecule has 4 amide bonds. The average Bonchev–Trinajstić information content (AvgIpc) is 2.92. The number of carboxylic acid groups (broad SMARTS) is 1. The third-order valence-electron chi connectivity index (χ3n) is 6.56. The Morgan fingerprint density at radius 2 is 2.08 bits per heavy atom. The SMILES string of the molecule is CCCN(CCC(OCCNC(=O)OC)c1cccc(Cl)c1)C(=O)N[C@H](C[C@H]1CCCOC1)CN(C)C(=O)O. The monoisotopic (exact) mass is 570 g/mol. The normalized spacial score (nSPS) is 16.6. The number of halogens is 1. The Hall–Kier alpha value is -2.76. The Morgan fingerprint density at radius 3 is 2.72 bits per heavy atom. The van der Waals surface area contributed by atoms with E-state index in [-0.39, 0.29) is 43.8 Å². The molecule has 0 radical (unpaired) electrons. The summed E-state index contributed by atoms with van der Waals surface area (Å²) in [4.78, 5) is 39.2. The van der Waals surface area contributed by atoms with Gasteiger partial charge in [0.15, 0.2) is 0 Å². The molecule has 2 rings (SSSR count). The fraction of sp³-hybridized carbons (Fsp3) is 0.667. The van der Waals surface area contributed by atoms with Gasteiger partial charge in [-0.2, -0.15) is 0 Å². The number of likely N-dealkylation sites (N-methyl/N-ethyl adjacent to an activating group) is 1. The van der Waals surface area contributed by atoms with Crippen molar-refractivity contribution in [3.8, 4) is 0 Å². The number of rotatable bonds is 15. The van der Waals surface area contributed by atoms with Crippen LogP contribution in [0.1, 0.15) is 50.7 Å². The van der Waals surface area contributed by atoms with Crippen molar-refractivity contribution in [2.24, 2.45) is 5.92 Å². The van der Waals surface area contributed by atoms with Crippen molar-refractivity contribution < 1.29 is 33.7 Å². The maximum absolute atomic E-state index is 13.4. The van der Waals surface area contributed by atoms with Crippen LogP contribution in [0.5, 0.6) is 0 Å². The molecule has 1 fully saturated rings. The maximum atomic E-state index is 13.4. The number of alkyl carbamates (subject to hydrolysis) is 1. The zero-order chi connectivity index (χ0) is 28.6. The maximum Gasteiger partial charge on any atom is 0.407 e. The molecular formula is C27H43ClN4O7. The van der Waals surface area contributed by atoms with E-state index < -0.39 is 12.2 Å². The van der Waals surface area contributed by atoms with Crippen molar-refractivity contribution in [1.82, 2.24) is 20.4 Å². The van der Waals surface area contributed by atoms with Crippen LogP contribution in [-0.2, 0) is 14.2 Å². The van der Waals surface area contributed by atoms with Gasteiger partial charge in [-0.05, 0) is 55.7 Å². The summed E-state index contributed by atoms with van der Waals surface area (Å²) in [6.45, 7) is 5.01. The number of hydrogen-bond donors (Lipinski definition) is 3. The first-order valence-corrected chi connectivity index (χ1v) is 13.9. The standard InChI is InChI=1S/C27H43ClN4O7/c1-4-12-32(25(33)30-23(18-31(2)27(35)36)16-20-7-6-14-38-19-20)13-10-24(21-8-5-9-22(28)17-21)39-15-11-29-26(34)37-3/h5,8-9,17,20,23-24H,4,6-7,10-16,18-19H2,1-3H3,(H,29,34)(H,30,33)(H,35,36)/t20-,23-,24?/m1/s1. The van der Waals surface area contributed by atoms with Crippen LogP contribution in [0.15, 0.2) is 24.3 Å². The molecule has 1 saturated heterocycles. The van der Waals surface area contributed by atoms with E-state index >= 15 is 0 Å². The summed E-state index contributed by atoms with van der Waals surface area (Å²) in [6, 6.07) is 6.79. The van der Waals surface area contributed by atoms with Crippen molar-refractivity contribution in [2.45, 2.75) is 51.2 Å². The Balaban J connectivity index is 2.06. The molecule has 11 nitrogen and oxygen atoms in total. The van der Waals surface area contributed by atoms with Crippen LogP contribution in [0.4, 0.5) is 14.4 Å². The minimum atomic E-state index is -1.04. The summed E-state index contributed by atoms with van der Waals surface area (Å²) in [5.74, 6) is 0.269. The summed E-state index contributed by atoms with van der Waals surface area (Å²) in [7, 11) is 2.80. The lowest BCUT2D eigenvalue weighted by molar-refractivity contribution is 0.0413. The number of benzene rings is 1. The second-order valence-corrected chi connectivity index (χ2v) is 10.2. The van der Waals surface area contributed by atoms with E-state index in [4.69, 9.17) is 21.1 Å². The van der Waals surface area contributed by atoms with Gasteiger partial charge >= 0.3 is 18.2 Å². The molecule has 1 aliphatic rings. The second-order valence-electron chi connectivity index (χ2n) is 9.74. The zero-order valence-corrected chi connectivity index (χ0v) is 24.0. The van der Waals surface area contributed by atoms with Crippen molar-refractivity contribution in [1.29, 1.82) is 0 Å². The average molecular weight is 571 g/mol. The van der Waals surface area contributed by atoms with Gasteiger partial charge in [0.05, 0.1) is 19.8 Å². The summed E-state index contributed by atoms with van der Waals surface area (Å²) < 4.78 is 16.3. The first-order chi connectivity index (χ1) is 18.7. The number of carbonyl (C=O) groups is 3. The molecule has 1 aromatic carbocycles. The summed E-state index contributed by atoms with van der Waals surface area (Å²) >= 11 is 6.22. The molecular weight excluding hydrogens is 528 g/mol.